The fourth-order valence-electron chi connectivity index (χ4n) is 2.08. The van der Waals surface area contributed by atoms with Crippen molar-refractivity contribution < 1.29 is 0 Å². The molecule has 15 heavy (non-hydrogen) atoms. The van der Waals surface area contributed by atoms with Crippen LogP contribution in [0.2, 0.25) is 0 Å². The number of thiophene rings is 1. The van der Waals surface area contributed by atoms with E-state index in [0.29, 0.717) is 12.1 Å². The zero-order valence-electron chi connectivity index (χ0n) is 9.40. The van der Waals surface area contributed by atoms with E-state index in [1.165, 1.54) is 24.2 Å². The van der Waals surface area contributed by atoms with E-state index in [1.807, 2.05) is 0 Å². The zero-order chi connectivity index (χ0) is 10.7. The van der Waals surface area contributed by atoms with Crippen molar-refractivity contribution >= 4 is 23.1 Å². The van der Waals surface area contributed by atoms with Crippen LogP contribution in [0.25, 0.3) is 0 Å². The van der Waals surface area contributed by atoms with E-state index in [-0.39, 0.29) is 0 Å². The molecule has 2 rings (SSSR count). The maximum atomic E-state index is 3.76. The Morgan fingerprint density at radius 2 is 2.40 bits per heavy atom. The monoisotopic (exact) mass is 241 g/mol. The van der Waals surface area contributed by atoms with E-state index in [4.69, 9.17) is 0 Å². The van der Waals surface area contributed by atoms with Gasteiger partial charge in [0.1, 0.15) is 0 Å². The predicted molar refractivity (Wildman–Crippen MR) is 70.8 cm³/mol. The van der Waals surface area contributed by atoms with E-state index in [9.17, 15) is 0 Å². The first-order chi connectivity index (χ1) is 7.27. The molecule has 1 N–H and O–H groups in total. The number of nitrogens with one attached hydrogen (secondary N) is 1. The van der Waals surface area contributed by atoms with Crippen LogP contribution >= 0.6 is 23.1 Å². The topological polar surface area (TPSA) is 12.0 Å². The van der Waals surface area contributed by atoms with Gasteiger partial charge in [-0.25, -0.2) is 0 Å². The van der Waals surface area contributed by atoms with Crippen molar-refractivity contribution in [3.8, 4) is 0 Å². The molecule has 3 heteroatoms. The van der Waals surface area contributed by atoms with Crippen molar-refractivity contribution in [1.82, 2.24) is 5.32 Å². The first kappa shape index (κ1) is 11.5. The third-order valence-electron chi connectivity index (χ3n) is 3.11. The second-order valence-electron chi connectivity index (χ2n) is 4.27. The third kappa shape index (κ3) is 2.99. The lowest BCUT2D eigenvalue weighted by Gasteiger charge is -2.31. The Kier molecular flexibility index (Phi) is 4.12. The lowest BCUT2D eigenvalue weighted by atomic mass is 10.1. The molecule has 1 nitrogen and oxygen atoms in total. The van der Waals surface area contributed by atoms with Crippen molar-refractivity contribution in [3.05, 3.63) is 22.4 Å². The van der Waals surface area contributed by atoms with Crippen molar-refractivity contribution in [1.29, 1.82) is 0 Å². The highest BCUT2D eigenvalue weighted by Crippen LogP contribution is 2.27. The van der Waals surface area contributed by atoms with Gasteiger partial charge in [-0.05, 0) is 47.9 Å². The van der Waals surface area contributed by atoms with E-state index in [1.54, 1.807) is 11.3 Å². The van der Waals surface area contributed by atoms with Gasteiger partial charge in [0, 0.05) is 17.3 Å². The summed E-state index contributed by atoms with van der Waals surface area (Å²) in [6, 6.07) is 3.42. The molecule has 0 radical (unpaired) electrons. The summed E-state index contributed by atoms with van der Waals surface area (Å²) in [6.07, 6.45) is 2.70. The second-order valence-corrected chi connectivity index (χ2v) is 6.53. The molecule has 2 heterocycles. The van der Waals surface area contributed by atoms with Gasteiger partial charge in [-0.2, -0.15) is 23.1 Å². The Morgan fingerprint density at radius 3 is 3.07 bits per heavy atom. The molecule has 0 aromatic carbocycles. The molecule has 1 saturated heterocycles. The first-order valence-electron chi connectivity index (χ1n) is 5.67. The van der Waals surface area contributed by atoms with Gasteiger partial charge >= 0.3 is 0 Å². The molecule has 3 unspecified atom stereocenters. The average molecular weight is 241 g/mol. The fourth-order valence-corrected chi connectivity index (χ4v) is 3.99. The summed E-state index contributed by atoms with van der Waals surface area (Å²) in [5.41, 5.74) is 1.43. The van der Waals surface area contributed by atoms with Gasteiger partial charge in [0.05, 0.1) is 0 Å². The van der Waals surface area contributed by atoms with Crippen LogP contribution in [0.4, 0.5) is 0 Å². The van der Waals surface area contributed by atoms with E-state index < -0.39 is 0 Å². The van der Waals surface area contributed by atoms with Crippen LogP contribution in [0, 0.1) is 0 Å². The molecule has 0 amide bonds. The Bertz CT molecular complexity index is 284. The van der Waals surface area contributed by atoms with Crippen LogP contribution in [-0.2, 0) is 0 Å². The van der Waals surface area contributed by atoms with Crippen molar-refractivity contribution in [2.75, 3.05) is 5.75 Å². The molecule has 1 aromatic heterocycles. The highest BCUT2D eigenvalue weighted by molar-refractivity contribution is 7.99. The van der Waals surface area contributed by atoms with Gasteiger partial charge in [-0.1, -0.05) is 6.92 Å². The Labute approximate surface area is 101 Å². The quantitative estimate of drug-likeness (QED) is 0.866. The van der Waals surface area contributed by atoms with E-state index >= 15 is 0 Å². The Hall–Kier alpha value is 0.01000. The number of hydrogen-bond acceptors (Lipinski definition) is 3. The maximum absolute atomic E-state index is 3.76. The van der Waals surface area contributed by atoms with E-state index in [0.717, 1.165) is 5.25 Å². The summed E-state index contributed by atoms with van der Waals surface area (Å²) in [7, 11) is 0. The number of rotatable bonds is 3. The van der Waals surface area contributed by atoms with Gasteiger partial charge in [0.2, 0.25) is 0 Å². The van der Waals surface area contributed by atoms with Crippen molar-refractivity contribution in [2.24, 2.45) is 0 Å². The number of thioether (sulfide) groups is 1. The fraction of sp³-hybridized carbons (Fsp3) is 0.667. The van der Waals surface area contributed by atoms with Crippen LogP contribution in [0.5, 0.6) is 0 Å². The predicted octanol–water partition coefficient (Wildman–Crippen LogP) is 3.68. The molecular formula is C12H19NS2. The summed E-state index contributed by atoms with van der Waals surface area (Å²) in [5.74, 6) is 1.34. The molecule has 3 atom stereocenters. The maximum Gasteiger partial charge on any atom is 0.0303 e. The molecule has 1 aliphatic heterocycles. The number of hydrogen-bond donors (Lipinski definition) is 1. The molecular weight excluding hydrogens is 222 g/mol. The summed E-state index contributed by atoms with van der Waals surface area (Å²) in [6.45, 7) is 4.62. The lowest BCUT2D eigenvalue weighted by molar-refractivity contribution is 0.418. The SMILES string of the molecule is CC(NC1CCCSC1C)c1ccsc1. The smallest absolute Gasteiger partial charge is 0.0303 e. The molecule has 0 aliphatic carbocycles. The Morgan fingerprint density at radius 1 is 1.53 bits per heavy atom. The van der Waals surface area contributed by atoms with Gasteiger partial charge in [-0.3, -0.25) is 0 Å². The largest absolute Gasteiger partial charge is 0.306 e. The van der Waals surface area contributed by atoms with Crippen LogP contribution < -0.4 is 5.32 Å². The van der Waals surface area contributed by atoms with Crippen molar-refractivity contribution in [2.45, 2.75) is 44.0 Å². The lowest BCUT2D eigenvalue weighted by Crippen LogP contribution is -2.40. The molecule has 0 bridgehead atoms. The van der Waals surface area contributed by atoms with Crippen LogP contribution in [0.3, 0.4) is 0 Å². The summed E-state index contributed by atoms with van der Waals surface area (Å²) in [4.78, 5) is 0. The summed E-state index contributed by atoms with van der Waals surface area (Å²) < 4.78 is 0. The minimum absolute atomic E-state index is 0.502. The zero-order valence-corrected chi connectivity index (χ0v) is 11.0. The first-order valence-corrected chi connectivity index (χ1v) is 7.66. The second kappa shape index (κ2) is 5.37. The molecule has 0 spiro atoms. The van der Waals surface area contributed by atoms with Crippen LogP contribution in [0.15, 0.2) is 16.8 Å². The molecule has 84 valence electrons. The minimum Gasteiger partial charge on any atom is -0.306 e. The Balaban J connectivity index is 1.90. The van der Waals surface area contributed by atoms with Gasteiger partial charge < -0.3 is 5.32 Å². The van der Waals surface area contributed by atoms with Crippen LogP contribution in [-0.4, -0.2) is 17.0 Å². The van der Waals surface area contributed by atoms with Gasteiger partial charge in [0.25, 0.3) is 0 Å². The highest BCUT2D eigenvalue weighted by atomic mass is 32.2. The van der Waals surface area contributed by atoms with E-state index in [2.05, 4.69) is 47.8 Å². The van der Waals surface area contributed by atoms with Gasteiger partial charge in [0.15, 0.2) is 0 Å². The van der Waals surface area contributed by atoms with Crippen LogP contribution in [0.1, 0.15) is 38.3 Å². The highest BCUT2D eigenvalue weighted by Gasteiger charge is 2.23. The summed E-state index contributed by atoms with van der Waals surface area (Å²) in [5, 5.41) is 8.93. The third-order valence-corrected chi connectivity index (χ3v) is 5.19. The standard InChI is InChI=1S/C12H19NS2/c1-9(11-5-7-14-8-11)13-12-4-3-6-15-10(12)2/h5,7-10,12-13H,3-4,6H2,1-2H3. The molecule has 0 saturated carbocycles. The summed E-state index contributed by atoms with van der Waals surface area (Å²) >= 11 is 3.89. The normalized spacial score (nSPS) is 28.9. The minimum atomic E-state index is 0.502. The molecule has 1 fully saturated rings. The average Bonchev–Trinajstić information content (AvgIpc) is 2.74. The molecule has 1 aromatic rings. The van der Waals surface area contributed by atoms with Crippen molar-refractivity contribution in [3.63, 3.8) is 0 Å². The molecule has 1 aliphatic rings. The van der Waals surface area contributed by atoms with Gasteiger partial charge in [-0.15, -0.1) is 0 Å².